The lowest BCUT2D eigenvalue weighted by Crippen LogP contribution is -1.78. The second kappa shape index (κ2) is 2.34. The molecule has 2 rings (SSSR count). The highest BCUT2D eigenvalue weighted by Gasteiger charge is 1.99. The summed E-state index contributed by atoms with van der Waals surface area (Å²) in [6, 6.07) is 8.33. The zero-order valence-corrected chi connectivity index (χ0v) is 5.76. The second-order valence-electron chi connectivity index (χ2n) is 2.25. The van der Waals surface area contributed by atoms with Gasteiger partial charge in [0.1, 0.15) is 12.5 Å². The number of aromatic nitrogens is 2. The molecule has 1 radical (unpaired) electrons. The molecule has 1 heterocycles. The molecular formula is C8H6FN2. The van der Waals surface area contributed by atoms with Crippen LogP contribution in [0.25, 0.3) is 11.0 Å². The van der Waals surface area contributed by atoms with Crippen molar-refractivity contribution < 1.29 is 4.39 Å². The fourth-order valence-corrected chi connectivity index (χ4v) is 1.00. The smallest absolute Gasteiger partial charge is 0.147 e. The first kappa shape index (κ1) is 6.34. The number of H-pyrrole nitrogens is 1. The Morgan fingerprint density at radius 3 is 3.27 bits per heavy atom. The highest BCUT2D eigenvalue weighted by atomic mass is 19.1. The fourth-order valence-electron chi connectivity index (χ4n) is 1.00. The highest BCUT2D eigenvalue weighted by Crippen LogP contribution is 2.09. The van der Waals surface area contributed by atoms with Gasteiger partial charge in [-0.25, -0.2) is 9.37 Å². The van der Waals surface area contributed by atoms with E-state index in [-0.39, 0.29) is 0 Å². The van der Waals surface area contributed by atoms with E-state index in [9.17, 15) is 4.39 Å². The summed E-state index contributed by atoms with van der Waals surface area (Å²) < 4.78 is 12.1. The van der Waals surface area contributed by atoms with Crippen molar-refractivity contribution in [1.29, 1.82) is 0 Å². The Morgan fingerprint density at radius 2 is 2.55 bits per heavy atom. The van der Waals surface area contributed by atoms with Gasteiger partial charge >= 0.3 is 0 Å². The Hall–Kier alpha value is -1.38. The van der Waals surface area contributed by atoms with Crippen LogP contribution in [0.15, 0.2) is 18.2 Å². The standard InChI is InChI=1S/C8H6FN2/c9-5-8-10-6-3-1-2-4-7(6)11-8/h1-3H,5H2,(H,10,11). The van der Waals surface area contributed by atoms with E-state index in [1.165, 1.54) is 0 Å². The van der Waals surface area contributed by atoms with Gasteiger partial charge < -0.3 is 4.98 Å². The van der Waals surface area contributed by atoms with Crippen molar-refractivity contribution in [1.82, 2.24) is 9.97 Å². The van der Waals surface area contributed by atoms with Gasteiger partial charge in [-0.3, -0.25) is 0 Å². The first-order valence-electron chi connectivity index (χ1n) is 3.31. The molecule has 2 aromatic rings. The largest absolute Gasteiger partial charge is 0.340 e. The number of fused-ring (bicyclic) bond motifs is 1. The number of halogens is 1. The molecule has 0 amide bonds. The summed E-state index contributed by atoms with van der Waals surface area (Å²) in [5, 5.41) is 0. The number of nitrogens with zero attached hydrogens (tertiary/aromatic N) is 1. The van der Waals surface area contributed by atoms with Crippen molar-refractivity contribution in [2.75, 3.05) is 0 Å². The molecule has 0 saturated carbocycles. The first-order chi connectivity index (χ1) is 5.40. The minimum Gasteiger partial charge on any atom is -0.340 e. The monoisotopic (exact) mass is 149 g/mol. The molecule has 0 atom stereocenters. The molecule has 1 aromatic carbocycles. The molecule has 0 aliphatic rings. The van der Waals surface area contributed by atoms with Gasteiger partial charge in [-0.05, 0) is 6.07 Å². The predicted octanol–water partition coefficient (Wildman–Crippen LogP) is 1.83. The van der Waals surface area contributed by atoms with Crippen LogP contribution in [0.4, 0.5) is 4.39 Å². The van der Waals surface area contributed by atoms with E-state index in [0.717, 1.165) is 5.52 Å². The third-order valence-electron chi connectivity index (χ3n) is 1.49. The summed E-state index contributed by atoms with van der Waals surface area (Å²) in [6.07, 6.45) is 0. The normalized spacial score (nSPS) is 10.6. The molecule has 0 saturated heterocycles. The number of para-hydroxylation sites is 1. The molecule has 2 nitrogen and oxygen atoms in total. The Kier molecular flexibility index (Phi) is 1.35. The van der Waals surface area contributed by atoms with Gasteiger partial charge in [0.05, 0.1) is 11.0 Å². The number of hydrogen-bond donors (Lipinski definition) is 1. The van der Waals surface area contributed by atoms with Crippen LogP contribution < -0.4 is 0 Å². The zero-order chi connectivity index (χ0) is 7.68. The van der Waals surface area contributed by atoms with E-state index >= 15 is 0 Å². The lowest BCUT2D eigenvalue weighted by Gasteiger charge is -1.80. The summed E-state index contributed by atoms with van der Waals surface area (Å²) in [5.74, 6) is 0.363. The molecule has 55 valence electrons. The van der Waals surface area contributed by atoms with Crippen LogP contribution >= 0.6 is 0 Å². The van der Waals surface area contributed by atoms with Crippen LogP contribution in [0, 0.1) is 6.07 Å². The lowest BCUT2D eigenvalue weighted by atomic mass is 10.3. The summed E-state index contributed by atoms with van der Waals surface area (Å²) in [7, 11) is 0. The number of nitrogens with one attached hydrogen (secondary N) is 1. The lowest BCUT2D eigenvalue weighted by molar-refractivity contribution is 0.469. The number of aromatic amines is 1. The maximum absolute atomic E-state index is 12.1. The van der Waals surface area contributed by atoms with Crippen molar-refractivity contribution >= 4 is 11.0 Å². The van der Waals surface area contributed by atoms with Crippen LogP contribution in [0.1, 0.15) is 5.82 Å². The van der Waals surface area contributed by atoms with Gasteiger partial charge in [-0.15, -0.1) is 0 Å². The first-order valence-corrected chi connectivity index (χ1v) is 3.31. The average Bonchev–Trinajstić information content (AvgIpc) is 2.46. The molecule has 11 heavy (non-hydrogen) atoms. The van der Waals surface area contributed by atoms with E-state index in [2.05, 4.69) is 16.0 Å². The molecule has 0 aliphatic heterocycles. The molecule has 0 fully saturated rings. The van der Waals surface area contributed by atoms with Gasteiger partial charge in [0, 0.05) is 6.07 Å². The van der Waals surface area contributed by atoms with Crippen LogP contribution in [0.2, 0.25) is 0 Å². The van der Waals surface area contributed by atoms with Crippen molar-refractivity contribution in [3.63, 3.8) is 0 Å². The molecule has 0 aliphatic carbocycles. The van der Waals surface area contributed by atoms with Gasteiger partial charge in [0.25, 0.3) is 0 Å². The number of rotatable bonds is 1. The topological polar surface area (TPSA) is 28.7 Å². The average molecular weight is 149 g/mol. The van der Waals surface area contributed by atoms with Crippen LogP contribution in [0.3, 0.4) is 0 Å². The molecular weight excluding hydrogens is 143 g/mol. The fraction of sp³-hybridized carbons (Fsp3) is 0.125. The summed E-state index contributed by atoms with van der Waals surface area (Å²) in [5.41, 5.74) is 1.53. The third-order valence-corrected chi connectivity index (χ3v) is 1.49. The second-order valence-corrected chi connectivity index (χ2v) is 2.25. The summed E-state index contributed by atoms with van der Waals surface area (Å²) in [4.78, 5) is 6.77. The SMILES string of the molecule is FCc1nc2[c]cccc2[nH]1. The Balaban J connectivity index is 2.69. The van der Waals surface area contributed by atoms with Gasteiger partial charge in [-0.2, -0.15) is 0 Å². The molecule has 3 heteroatoms. The van der Waals surface area contributed by atoms with Crippen molar-refractivity contribution in [2.24, 2.45) is 0 Å². The maximum atomic E-state index is 12.1. The molecule has 1 N–H and O–H groups in total. The predicted molar refractivity (Wildman–Crippen MR) is 39.7 cm³/mol. The van der Waals surface area contributed by atoms with E-state index in [1.807, 2.05) is 12.1 Å². The summed E-state index contributed by atoms with van der Waals surface area (Å²) in [6.45, 7) is -0.553. The van der Waals surface area contributed by atoms with Gasteiger partial charge in [0.2, 0.25) is 0 Å². The molecule has 0 unspecified atom stereocenters. The minimum absolute atomic E-state index is 0.363. The molecule has 1 aromatic heterocycles. The zero-order valence-electron chi connectivity index (χ0n) is 5.76. The van der Waals surface area contributed by atoms with E-state index in [1.54, 1.807) is 6.07 Å². The van der Waals surface area contributed by atoms with Crippen molar-refractivity contribution in [2.45, 2.75) is 6.67 Å². The van der Waals surface area contributed by atoms with Crippen LogP contribution in [-0.4, -0.2) is 9.97 Å². The van der Waals surface area contributed by atoms with Crippen molar-refractivity contribution in [3.8, 4) is 0 Å². The third kappa shape index (κ3) is 0.981. The van der Waals surface area contributed by atoms with E-state index < -0.39 is 6.67 Å². The van der Waals surface area contributed by atoms with Crippen LogP contribution in [0.5, 0.6) is 0 Å². The molecule has 0 bridgehead atoms. The number of hydrogen-bond acceptors (Lipinski definition) is 1. The number of imidazole rings is 1. The van der Waals surface area contributed by atoms with Crippen LogP contribution in [-0.2, 0) is 6.67 Å². The van der Waals surface area contributed by atoms with Gasteiger partial charge in [-0.1, -0.05) is 12.1 Å². The Morgan fingerprint density at radius 1 is 1.64 bits per heavy atom. The molecule has 0 spiro atoms. The van der Waals surface area contributed by atoms with Crippen molar-refractivity contribution in [3.05, 3.63) is 30.1 Å². The quantitative estimate of drug-likeness (QED) is 0.658. The number of alkyl halides is 1. The van der Waals surface area contributed by atoms with E-state index in [4.69, 9.17) is 0 Å². The highest BCUT2D eigenvalue weighted by molar-refractivity contribution is 5.73. The maximum Gasteiger partial charge on any atom is 0.147 e. The Labute approximate surface area is 63.1 Å². The van der Waals surface area contributed by atoms with E-state index in [0.29, 0.717) is 11.3 Å². The van der Waals surface area contributed by atoms with Gasteiger partial charge in [0.15, 0.2) is 0 Å². The summed E-state index contributed by atoms with van der Waals surface area (Å²) >= 11 is 0. The number of benzene rings is 1. The Bertz CT molecular complexity index is 334. The minimum atomic E-state index is -0.553.